The summed E-state index contributed by atoms with van der Waals surface area (Å²) >= 11 is 5.91. The van der Waals surface area contributed by atoms with E-state index in [2.05, 4.69) is 10.6 Å². The zero-order valence-corrected chi connectivity index (χ0v) is 15.8. The molecule has 4 nitrogen and oxygen atoms in total. The topological polar surface area (TPSA) is 58.2 Å². The lowest BCUT2D eigenvalue weighted by atomic mass is 9.90. The van der Waals surface area contributed by atoms with Crippen molar-refractivity contribution in [3.05, 3.63) is 64.4 Å². The van der Waals surface area contributed by atoms with Gasteiger partial charge in [-0.2, -0.15) is 0 Å². The second-order valence-corrected chi connectivity index (χ2v) is 7.11. The Balaban J connectivity index is 1.93. The first-order valence-corrected chi connectivity index (χ1v) is 8.68. The SMILES string of the molecule is Cc1cc(Cl)ccc1NC(=O)C(C)(C)C(=O)NCCc1ccc(F)cc1. The van der Waals surface area contributed by atoms with Gasteiger partial charge in [-0.1, -0.05) is 23.7 Å². The van der Waals surface area contributed by atoms with Crippen LogP contribution in [0.3, 0.4) is 0 Å². The van der Waals surface area contributed by atoms with Crippen LogP contribution in [0.25, 0.3) is 0 Å². The molecule has 0 saturated heterocycles. The van der Waals surface area contributed by atoms with Crippen molar-refractivity contribution in [3.8, 4) is 0 Å². The van der Waals surface area contributed by atoms with Gasteiger partial charge in [-0.3, -0.25) is 9.59 Å². The summed E-state index contributed by atoms with van der Waals surface area (Å²) in [5.41, 5.74) is 1.10. The van der Waals surface area contributed by atoms with E-state index < -0.39 is 11.3 Å². The third-order valence-corrected chi connectivity index (χ3v) is 4.42. The highest BCUT2D eigenvalue weighted by molar-refractivity contribution is 6.30. The molecule has 0 heterocycles. The summed E-state index contributed by atoms with van der Waals surface area (Å²) < 4.78 is 12.9. The second kappa shape index (κ2) is 8.32. The van der Waals surface area contributed by atoms with Crippen molar-refractivity contribution >= 4 is 29.1 Å². The van der Waals surface area contributed by atoms with Gasteiger partial charge in [-0.05, 0) is 68.7 Å². The largest absolute Gasteiger partial charge is 0.355 e. The third-order valence-electron chi connectivity index (χ3n) is 4.18. The molecule has 6 heteroatoms. The van der Waals surface area contributed by atoms with Gasteiger partial charge in [0.05, 0.1) is 0 Å². The number of benzene rings is 2. The zero-order valence-electron chi connectivity index (χ0n) is 15.0. The first-order chi connectivity index (χ1) is 12.2. The van der Waals surface area contributed by atoms with E-state index in [1.807, 2.05) is 6.92 Å². The van der Waals surface area contributed by atoms with Gasteiger partial charge < -0.3 is 10.6 Å². The predicted octanol–water partition coefficient (Wildman–Crippen LogP) is 4.11. The number of aryl methyl sites for hydroxylation is 1. The van der Waals surface area contributed by atoms with Crippen molar-refractivity contribution in [2.75, 3.05) is 11.9 Å². The normalized spacial score (nSPS) is 11.1. The number of rotatable bonds is 6. The molecule has 2 aromatic rings. The van der Waals surface area contributed by atoms with E-state index in [9.17, 15) is 14.0 Å². The van der Waals surface area contributed by atoms with Gasteiger partial charge in [-0.15, -0.1) is 0 Å². The van der Waals surface area contributed by atoms with Crippen molar-refractivity contribution in [2.45, 2.75) is 27.2 Å². The van der Waals surface area contributed by atoms with Gasteiger partial charge in [0.2, 0.25) is 11.8 Å². The number of hydrogen-bond donors (Lipinski definition) is 2. The molecule has 0 atom stereocenters. The standard InChI is InChI=1S/C20H22ClFN2O2/c1-13-12-15(21)6-9-17(13)24-19(26)20(2,3)18(25)23-11-10-14-4-7-16(22)8-5-14/h4-9,12H,10-11H2,1-3H3,(H,23,25)(H,24,26). The van der Waals surface area contributed by atoms with Crippen LogP contribution in [0.5, 0.6) is 0 Å². The number of hydrogen-bond acceptors (Lipinski definition) is 2. The van der Waals surface area contributed by atoms with Crippen LogP contribution in [0.2, 0.25) is 5.02 Å². The fourth-order valence-corrected chi connectivity index (χ4v) is 2.57. The lowest BCUT2D eigenvalue weighted by Crippen LogP contribution is -2.45. The zero-order chi connectivity index (χ0) is 19.3. The Morgan fingerprint density at radius 2 is 1.73 bits per heavy atom. The number of carbonyl (C=O) groups is 2. The van der Waals surface area contributed by atoms with Crippen molar-refractivity contribution < 1.29 is 14.0 Å². The van der Waals surface area contributed by atoms with Crippen LogP contribution in [0.4, 0.5) is 10.1 Å². The summed E-state index contributed by atoms with van der Waals surface area (Å²) in [5.74, 6) is -1.07. The number of amides is 2. The number of carbonyl (C=O) groups excluding carboxylic acids is 2. The maximum Gasteiger partial charge on any atom is 0.239 e. The molecule has 2 N–H and O–H groups in total. The summed E-state index contributed by atoms with van der Waals surface area (Å²) in [5, 5.41) is 6.12. The molecule has 0 aliphatic rings. The minimum Gasteiger partial charge on any atom is -0.355 e. The molecule has 2 amide bonds. The van der Waals surface area contributed by atoms with Gasteiger partial charge in [0.15, 0.2) is 0 Å². The van der Waals surface area contributed by atoms with Crippen molar-refractivity contribution in [1.29, 1.82) is 0 Å². The highest BCUT2D eigenvalue weighted by atomic mass is 35.5. The van der Waals surface area contributed by atoms with E-state index in [4.69, 9.17) is 11.6 Å². The van der Waals surface area contributed by atoms with Crippen molar-refractivity contribution in [3.63, 3.8) is 0 Å². The number of nitrogens with one attached hydrogen (secondary N) is 2. The van der Waals surface area contributed by atoms with Crippen LogP contribution >= 0.6 is 11.6 Å². The van der Waals surface area contributed by atoms with E-state index in [-0.39, 0.29) is 11.7 Å². The molecule has 0 aromatic heterocycles. The minimum absolute atomic E-state index is 0.298. The highest BCUT2D eigenvalue weighted by Crippen LogP contribution is 2.23. The lowest BCUT2D eigenvalue weighted by Gasteiger charge is -2.23. The molecule has 0 aliphatic carbocycles. The van der Waals surface area contributed by atoms with Crippen LogP contribution in [-0.4, -0.2) is 18.4 Å². The summed E-state index contributed by atoms with van der Waals surface area (Å²) in [4.78, 5) is 25.0. The minimum atomic E-state index is -1.24. The van der Waals surface area contributed by atoms with Crippen molar-refractivity contribution in [1.82, 2.24) is 5.32 Å². The first-order valence-electron chi connectivity index (χ1n) is 8.30. The molecule has 2 aromatic carbocycles. The Morgan fingerprint density at radius 3 is 2.35 bits per heavy atom. The molecular formula is C20H22ClFN2O2. The molecule has 2 rings (SSSR count). The molecule has 0 saturated carbocycles. The summed E-state index contributed by atoms with van der Waals surface area (Å²) in [6.07, 6.45) is 0.556. The quantitative estimate of drug-likeness (QED) is 0.745. The average molecular weight is 377 g/mol. The van der Waals surface area contributed by atoms with Gasteiger partial charge in [-0.25, -0.2) is 4.39 Å². The number of anilines is 1. The number of halogens is 2. The van der Waals surface area contributed by atoms with E-state index in [1.54, 1.807) is 44.2 Å². The molecule has 26 heavy (non-hydrogen) atoms. The van der Waals surface area contributed by atoms with Gasteiger partial charge in [0, 0.05) is 17.3 Å². The van der Waals surface area contributed by atoms with E-state index >= 15 is 0 Å². The maximum absolute atomic E-state index is 12.9. The predicted molar refractivity (Wildman–Crippen MR) is 102 cm³/mol. The monoisotopic (exact) mass is 376 g/mol. The molecule has 0 spiro atoms. The van der Waals surface area contributed by atoms with Gasteiger partial charge >= 0.3 is 0 Å². The Hall–Kier alpha value is -2.40. The van der Waals surface area contributed by atoms with Gasteiger partial charge in [0.1, 0.15) is 11.2 Å². The highest BCUT2D eigenvalue weighted by Gasteiger charge is 2.36. The molecular weight excluding hydrogens is 355 g/mol. The Labute approximate surface area is 157 Å². The summed E-state index contributed by atoms with van der Waals surface area (Å²) in [7, 11) is 0. The van der Waals surface area contributed by atoms with Crippen LogP contribution in [0.15, 0.2) is 42.5 Å². The average Bonchev–Trinajstić information content (AvgIpc) is 2.58. The molecule has 0 radical (unpaired) electrons. The smallest absolute Gasteiger partial charge is 0.239 e. The van der Waals surface area contributed by atoms with Crippen molar-refractivity contribution in [2.24, 2.45) is 5.41 Å². The van der Waals surface area contributed by atoms with E-state index in [1.165, 1.54) is 12.1 Å². The van der Waals surface area contributed by atoms with E-state index in [0.717, 1.165) is 11.1 Å². The van der Waals surface area contributed by atoms with E-state index in [0.29, 0.717) is 23.7 Å². The fraction of sp³-hybridized carbons (Fsp3) is 0.300. The second-order valence-electron chi connectivity index (χ2n) is 6.67. The summed E-state index contributed by atoms with van der Waals surface area (Å²) in [6.45, 7) is 5.33. The fourth-order valence-electron chi connectivity index (χ4n) is 2.34. The summed E-state index contributed by atoms with van der Waals surface area (Å²) in [6, 6.07) is 11.2. The Bertz CT molecular complexity index is 804. The Morgan fingerprint density at radius 1 is 1.08 bits per heavy atom. The molecule has 0 fully saturated rings. The lowest BCUT2D eigenvalue weighted by molar-refractivity contribution is -0.138. The van der Waals surface area contributed by atoms with Gasteiger partial charge in [0.25, 0.3) is 0 Å². The first kappa shape index (κ1) is 19.9. The molecule has 138 valence electrons. The Kier molecular flexibility index (Phi) is 6.37. The van der Waals surface area contributed by atoms with Crippen LogP contribution in [-0.2, 0) is 16.0 Å². The molecule has 0 unspecified atom stereocenters. The van der Waals surface area contributed by atoms with Crippen LogP contribution in [0.1, 0.15) is 25.0 Å². The molecule has 0 aliphatic heterocycles. The maximum atomic E-state index is 12.9. The molecule has 0 bridgehead atoms. The third kappa shape index (κ3) is 5.05. The van der Waals surface area contributed by atoms with Crippen LogP contribution < -0.4 is 10.6 Å². The van der Waals surface area contributed by atoms with Crippen LogP contribution in [0, 0.1) is 18.2 Å².